The molecule has 0 unspecified atom stereocenters. The highest BCUT2D eigenvalue weighted by atomic mass is 35.5. The molecule has 0 fully saturated rings. The Morgan fingerprint density at radius 1 is 1.08 bits per heavy atom. The minimum absolute atomic E-state index is 0.543. The van der Waals surface area contributed by atoms with E-state index in [0.29, 0.717) is 11.0 Å². The van der Waals surface area contributed by atoms with Gasteiger partial charge < -0.3 is 10.6 Å². The SMILES string of the molecule is CC(C)c1ccc(NC(=S)NCCSCc2ccc(Cl)cc2)cc1. The molecule has 0 saturated heterocycles. The Hall–Kier alpha value is -1.23. The van der Waals surface area contributed by atoms with Gasteiger partial charge in [0.2, 0.25) is 0 Å². The maximum atomic E-state index is 5.88. The number of rotatable bonds is 7. The Bertz CT molecular complexity index is 639. The van der Waals surface area contributed by atoms with Gasteiger partial charge in [0.15, 0.2) is 5.11 Å². The highest BCUT2D eigenvalue weighted by Crippen LogP contribution is 2.17. The van der Waals surface area contributed by atoms with Crippen LogP contribution in [0.3, 0.4) is 0 Å². The molecule has 0 aromatic heterocycles. The maximum absolute atomic E-state index is 5.88. The van der Waals surface area contributed by atoms with Crippen LogP contribution in [0.1, 0.15) is 30.9 Å². The number of anilines is 1. The van der Waals surface area contributed by atoms with E-state index in [1.54, 1.807) is 0 Å². The van der Waals surface area contributed by atoms with Crippen LogP contribution < -0.4 is 10.6 Å². The van der Waals surface area contributed by atoms with Crippen molar-refractivity contribution in [2.24, 2.45) is 0 Å². The number of thiocarbonyl (C=S) groups is 1. The fourth-order valence-corrected chi connectivity index (χ4v) is 3.30. The van der Waals surface area contributed by atoms with E-state index < -0.39 is 0 Å². The zero-order valence-corrected chi connectivity index (χ0v) is 16.4. The van der Waals surface area contributed by atoms with Crippen LogP contribution in [0.2, 0.25) is 5.02 Å². The Balaban J connectivity index is 1.63. The van der Waals surface area contributed by atoms with Gasteiger partial charge in [-0.05, 0) is 53.5 Å². The first-order valence-electron chi connectivity index (χ1n) is 8.01. The molecule has 2 nitrogen and oxygen atoms in total. The van der Waals surface area contributed by atoms with E-state index >= 15 is 0 Å². The number of nitrogens with one attached hydrogen (secondary N) is 2. The van der Waals surface area contributed by atoms with Crippen LogP contribution in [0.15, 0.2) is 48.5 Å². The topological polar surface area (TPSA) is 24.1 Å². The lowest BCUT2D eigenvalue weighted by molar-refractivity contribution is 0.867. The van der Waals surface area contributed by atoms with Crippen molar-refractivity contribution in [3.8, 4) is 0 Å². The van der Waals surface area contributed by atoms with Crippen LogP contribution in [0, 0.1) is 0 Å². The third kappa shape index (κ3) is 6.71. The predicted octanol–water partition coefficient (Wildman–Crippen LogP) is 5.68. The summed E-state index contributed by atoms with van der Waals surface area (Å²) in [4.78, 5) is 0. The molecule has 24 heavy (non-hydrogen) atoms. The van der Waals surface area contributed by atoms with E-state index in [2.05, 4.69) is 60.9 Å². The predicted molar refractivity (Wildman–Crippen MR) is 112 cm³/mol. The van der Waals surface area contributed by atoms with E-state index in [-0.39, 0.29) is 0 Å². The van der Waals surface area contributed by atoms with E-state index in [9.17, 15) is 0 Å². The van der Waals surface area contributed by atoms with E-state index in [0.717, 1.165) is 28.8 Å². The van der Waals surface area contributed by atoms with Crippen molar-refractivity contribution in [2.45, 2.75) is 25.5 Å². The minimum atomic E-state index is 0.543. The molecule has 0 radical (unpaired) electrons. The Kier molecular flexibility index (Phi) is 7.89. The van der Waals surface area contributed by atoms with Gasteiger partial charge >= 0.3 is 0 Å². The summed E-state index contributed by atoms with van der Waals surface area (Å²) in [5.41, 5.74) is 3.64. The van der Waals surface area contributed by atoms with Gasteiger partial charge in [-0.15, -0.1) is 0 Å². The summed E-state index contributed by atoms with van der Waals surface area (Å²) in [5, 5.41) is 7.91. The van der Waals surface area contributed by atoms with Crippen LogP contribution >= 0.6 is 35.6 Å². The summed E-state index contributed by atoms with van der Waals surface area (Å²) >= 11 is 13.1. The van der Waals surface area contributed by atoms with Crippen LogP contribution in [0.4, 0.5) is 5.69 Å². The molecule has 2 aromatic rings. The molecule has 128 valence electrons. The van der Waals surface area contributed by atoms with E-state index in [1.165, 1.54) is 11.1 Å². The Labute approximate surface area is 159 Å². The van der Waals surface area contributed by atoms with Crippen LogP contribution in [0.25, 0.3) is 0 Å². The molecule has 2 N–H and O–H groups in total. The van der Waals surface area contributed by atoms with E-state index in [4.69, 9.17) is 23.8 Å². The molecule has 0 saturated carbocycles. The monoisotopic (exact) mass is 378 g/mol. The van der Waals surface area contributed by atoms with Crippen molar-refractivity contribution in [2.75, 3.05) is 17.6 Å². The summed E-state index contributed by atoms with van der Waals surface area (Å²) in [6.07, 6.45) is 0. The second-order valence-electron chi connectivity index (χ2n) is 5.84. The van der Waals surface area contributed by atoms with Crippen molar-refractivity contribution in [3.63, 3.8) is 0 Å². The molecule has 5 heteroatoms. The first-order chi connectivity index (χ1) is 11.5. The lowest BCUT2D eigenvalue weighted by Gasteiger charge is -2.12. The number of hydrogen-bond donors (Lipinski definition) is 2. The number of hydrogen-bond acceptors (Lipinski definition) is 2. The van der Waals surface area contributed by atoms with E-state index in [1.807, 2.05) is 23.9 Å². The molecule has 0 bridgehead atoms. The molecule has 0 atom stereocenters. The van der Waals surface area contributed by atoms with Crippen LogP contribution in [0.5, 0.6) is 0 Å². The highest BCUT2D eigenvalue weighted by Gasteiger charge is 2.01. The smallest absolute Gasteiger partial charge is 0.170 e. The molecule has 0 aliphatic heterocycles. The zero-order valence-electron chi connectivity index (χ0n) is 14.0. The van der Waals surface area contributed by atoms with Crippen molar-refractivity contribution >= 4 is 46.4 Å². The van der Waals surface area contributed by atoms with Gasteiger partial charge in [-0.3, -0.25) is 0 Å². The molecular formula is C19H23ClN2S2. The molecule has 0 spiro atoms. The summed E-state index contributed by atoms with van der Waals surface area (Å²) < 4.78 is 0. The third-order valence-corrected chi connectivity index (χ3v) is 5.08. The van der Waals surface area contributed by atoms with Gasteiger partial charge in [-0.1, -0.05) is 49.7 Å². The normalized spacial score (nSPS) is 10.7. The van der Waals surface area contributed by atoms with Gasteiger partial charge in [-0.2, -0.15) is 11.8 Å². The van der Waals surface area contributed by atoms with Gasteiger partial charge in [-0.25, -0.2) is 0 Å². The molecule has 0 amide bonds. The van der Waals surface area contributed by atoms with Gasteiger partial charge in [0.25, 0.3) is 0 Å². The van der Waals surface area contributed by atoms with Crippen molar-refractivity contribution in [1.82, 2.24) is 5.32 Å². The highest BCUT2D eigenvalue weighted by molar-refractivity contribution is 7.98. The summed E-state index contributed by atoms with van der Waals surface area (Å²) in [6.45, 7) is 5.22. The molecule has 2 aromatic carbocycles. The van der Waals surface area contributed by atoms with Crippen molar-refractivity contribution < 1.29 is 0 Å². The fourth-order valence-electron chi connectivity index (χ4n) is 2.13. The number of benzene rings is 2. The lowest BCUT2D eigenvalue weighted by atomic mass is 10.0. The van der Waals surface area contributed by atoms with Gasteiger partial charge in [0.05, 0.1) is 0 Å². The van der Waals surface area contributed by atoms with Crippen molar-refractivity contribution in [3.05, 3.63) is 64.7 Å². The second-order valence-corrected chi connectivity index (χ2v) is 7.79. The minimum Gasteiger partial charge on any atom is -0.362 e. The largest absolute Gasteiger partial charge is 0.362 e. The fraction of sp³-hybridized carbons (Fsp3) is 0.316. The Morgan fingerprint density at radius 3 is 2.38 bits per heavy atom. The van der Waals surface area contributed by atoms with Crippen LogP contribution in [-0.4, -0.2) is 17.4 Å². The molecule has 0 heterocycles. The quantitative estimate of drug-likeness (QED) is 0.477. The maximum Gasteiger partial charge on any atom is 0.170 e. The average molecular weight is 379 g/mol. The Morgan fingerprint density at radius 2 is 1.75 bits per heavy atom. The van der Waals surface area contributed by atoms with Crippen LogP contribution in [-0.2, 0) is 5.75 Å². The number of halogens is 1. The molecular weight excluding hydrogens is 356 g/mol. The number of thioether (sulfide) groups is 1. The summed E-state index contributed by atoms with van der Waals surface area (Å²) in [5.74, 6) is 2.52. The van der Waals surface area contributed by atoms with Crippen molar-refractivity contribution in [1.29, 1.82) is 0 Å². The van der Waals surface area contributed by atoms with Gasteiger partial charge in [0, 0.05) is 28.8 Å². The second kappa shape index (κ2) is 9.92. The molecule has 0 aliphatic carbocycles. The summed E-state index contributed by atoms with van der Waals surface area (Å²) in [6, 6.07) is 16.4. The molecule has 2 rings (SSSR count). The summed E-state index contributed by atoms with van der Waals surface area (Å²) in [7, 11) is 0. The zero-order chi connectivity index (χ0) is 17.4. The molecule has 0 aliphatic rings. The first-order valence-corrected chi connectivity index (χ1v) is 9.95. The average Bonchev–Trinajstić information content (AvgIpc) is 2.56. The first kappa shape index (κ1) is 19.1. The standard InChI is InChI=1S/C19H23ClN2S2/c1-14(2)16-5-9-18(10-6-16)22-19(23)21-11-12-24-13-15-3-7-17(20)8-4-15/h3-10,14H,11-13H2,1-2H3,(H2,21,22,23). The lowest BCUT2D eigenvalue weighted by Crippen LogP contribution is -2.30. The third-order valence-electron chi connectivity index (χ3n) is 3.55. The van der Waals surface area contributed by atoms with Gasteiger partial charge in [0.1, 0.15) is 0 Å².